The van der Waals surface area contributed by atoms with Crippen LogP contribution in [0.4, 0.5) is 5.69 Å². The normalized spacial score (nSPS) is 12.8. The minimum absolute atomic E-state index is 0.0502. The van der Waals surface area contributed by atoms with Gasteiger partial charge in [-0.3, -0.25) is 9.59 Å². The Morgan fingerprint density at radius 1 is 0.933 bits per heavy atom. The molecule has 3 aromatic rings. The molecule has 0 radical (unpaired) electrons. The maximum atomic E-state index is 12.8. The van der Waals surface area contributed by atoms with Crippen LogP contribution in [0.1, 0.15) is 28.4 Å². The zero-order valence-electron chi connectivity index (χ0n) is 15.9. The third-order valence-corrected chi connectivity index (χ3v) is 5.00. The van der Waals surface area contributed by atoms with E-state index in [-0.39, 0.29) is 25.0 Å². The lowest BCUT2D eigenvalue weighted by Gasteiger charge is -2.19. The number of nitrogens with one attached hydrogen (secondary N) is 2. The van der Waals surface area contributed by atoms with Crippen LogP contribution < -0.4 is 20.1 Å². The molecular formula is C23H19ClN2O4. The number of anilines is 1. The molecule has 7 heteroatoms. The molecule has 0 aromatic heterocycles. The minimum atomic E-state index is -0.524. The molecule has 1 atom stereocenters. The third kappa shape index (κ3) is 4.55. The van der Waals surface area contributed by atoms with Gasteiger partial charge in [-0.1, -0.05) is 54.1 Å². The maximum absolute atomic E-state index is 12.8. The first-order valence-electron chi connectivity index (χ1n) is 9.40. The molecule has 30 heavy (non-hydrogen) atoms. The molecule has 0 unspecified atom stereocenters. The molecule has 1 aliphatic rings. The Morgan fingerprint density at radius 2 is 1.67 bits per heavy atom. The Bertz CT molecular complexity index is 1070. The van der Waals surface area contributed by atoms with Crippen LogP contribution in [0.15, 0.2) is 72.8 Å². The molecule has 1 heterocycles. The van der Waals surface area contributed by atoms with Crippen LogP contribution in [-0.4, -0.2) is 18.6 Å². The summed E-state index contributed by atoms with van der Waals surface area (Å²) in [5.41, 5.74) is 1.77. The summed E-state index contributed by atoms with van der Waals surface area (Å²) in [6.07, 6.45) is 0.0502. The quantitative estimate of drug-likeness (QED) is 0.610. The van der Waals surface area contributed by atoms with Crippen molar-refractivity contribution in [2.75, 3.05) is 12.1 Å². The number of fused-ring (bicyclic) bond motifs is 1. The van der Waals surface area contributed by atoms with E-state index in [9.17, 15) is 9.59 Å². The Kier molecular flexibility index (Phi) is 5.86. The highest BCUT2D eigenvalue weighted by atomic mass is 35.5. The number of carbonyl (C=O) groups is 2. The highest BCUT2D eigenvalue weighted by Crippen LogP contribution is 2.34. The summed E-state index contributed by atoms with van der Waals surface area (Å²) in [5.74, 6) is 0.633. The van der Waals surface area contributed by atoms with Gasteiger partial charge in [0.05, 0.1) is 23.0 Å². The highest BCUT2D eigenvalue weighted by Gasteiger charge is 2.21. The standard InChI is InChI=1S/C23H19ClN2O4/c24-18-9-5-4-8-17(18)23(28)26-19(15-6-2-1-3-7-15)13-22(27)25-16-10-11-20-21(12-16)30-14-29-20/h1-12,19H,13-14H2,(H,25,27)(H,26,28)/t19-/m0/s1. The fourth-order valence-corrected chi connectivity index (χ4v) is 3.41. The van der Waals surface area contributed by atoms with Gasteiger partial charge in [-0.05, 0) is 29.8 Å². The first-order chi connectivity index (χ1) is 14.6. The first kappa shape index (κ1) is 19.8. The molecule has 1 aliphatic heterocycles. The molecule has 152 valence electrons. The van der Waals surface area contributed by atoms with Gasteiger partial charge in [-0.2, -0.15) is 0 Å². The zero-order valence-corrected chi connectivity index (χ0v) is 16.7. The van der Waals surface area contributed by atoms with Crippen LogP contribution in [0.5, 0.6) is 11.5 Å². The Hall–Kier alpha value is -3.51. The van der Waals surface area contributed by atoms with Gasteiger partial charge in [-0.25, -0.2) is 0 Å². The Morgan fingerprint density at radius 3 is 2.47 bits per heavy atom. The summed E-state index contributed by atoms with van der Waals surface area (Å²) in [5, 5.41) is 6.12. The van der Waals surface area contributed by atoms with Crippen molar-refractivity contribution in [1.29, 1.82) is 0 Å². The fourth-order valence-electron chi connectivity index (χ4n) is 3.19. The Labute approximate surface area is 178 Å². The second kappa shape index (κ2) is 8.88. The van der Waals surface area contributed by atoms with E-state index in [4.69, 9.17) is 21.1 Å². The lowest BCUT2D eigenvalue weighted by atomic mass is 10.0. The van der Waals surface area contributed by atoms with Gasteiger partial charge < -0.3 is 20.1 Å². The van der Waals surface area contributed by atoms with Crippen molar-refractivity contribution >= 4 is 29.1 Å². The summed E-state index contributed by atoms with van der Waals surface area (Å²) in [6, 6.07) is 20.8. The van der Waals surface area contributed by atoms with E-state index >= 15 is 0 Å². The molecule has 3 aromatic carbocycles. The molecule has 0 aliphatic carbocycles. The zero-order chi connectivity index (χ0) is 20.9. The largest absolute Gasteiger partial charge is 0.454 e. The van der Waals surface area contributed by atoms with Crippen molar-refractivity contribution in [1.82, 2.24) is 5.32 Å². The first-order valence-corrected chi connectivity index (χ1v) is 9.78. The molecule has 0 fully saturated rings. The topological polar surface area (TPSA) is 76.7 Å². The molecule has 4 rings (SSSR count). The smallest absolute Gasteiger partial charge is 0.253 e. The van der Waals surface area contributed by atoms with Crippen LogP contribution in [-0.2, 0) is 4.79 Å². The molecule has 0 bridgehead atoms. The van der Waals surface area contributed by atoms with E-state index in [1.807, 2.05) is 30.3 Å². The molecule has 2 amide bonds. The number of rotatable bonds is 6. The van der Waals surface area contributed by atoms with E-state index in [1.54, 1.807) is 42.5 Å². The molecule has 2 N–H and O–H groups in total. The van der Waals surface area contributed by atoms with Crippen molar-refractivity contribution in [2.45, 2.75) is 12.5 Å². The summed E-state index contributed by atoms with van der Waals surface area (Å²) < 4.78 is 10.6. The Balaban J connectivity index is 1.49. The van der Waals surface area contributed by atoms with Crippen molar-refractivity contribution in [2.24, 2.45) is 0 Å². The average Bonchev–Trinajstić information content (AvgIpc) is 3.22. The molecule has 6 nitrogen and oxygen atoms in total. The van der Waals surface area contributed by atoms with Crippen LogP contribution >= 0.6 is 11.6 Å². The summed E-state index contributed by atoms with van der Waals surface area (Å²) >= 11 is 6.15. The lowest BCUT2D eigenvalue weighted by Crippen LogP contribution is -2.31. The van der Waals surface area contributed by atoms with Gasteiger partial charge in [0.1, 0.15) is 0 Å². The second-order valence-corrected chi connectivity index (χ2v) is 7.14. The van der Waals surface area contributed by atoms with Crippen molar-refractivity contribution in [3.8, 4) is 11.5 Å². The molecular weight excluding hydrogens is 404 g/mol. The number of hydrogen-bond acceptors (Lipinski definition) is 4. The highest BCUT2D eigenvalue weighted by molar-refractivity contribution is 6.33. The lowest BCUT2D eigenvalue weighted by molar-refractivity contribution is -0.116. The van der Waals surface area contributed by atoms with Crippen molar-refractivity contribution < 1.29 is 19.1 Å². The van der Waals surface area contributed by atoms with Gasteiger partial charge in [0, 0.05) is 11.8 Å². The molecule has 0 spiro atoms. The number of hydrogen-bond donors (Lipinski definition) is 2. The third-order valence-electron chi connectivity index (χ3n) is 4.67. The van der Waals surface area contributed by atoms with Gasteiger partial charge in [-0.15, -0.1) is 0 Å². The van der Waals surface area contributed by atoms with Gasteiger partial charge in [0.25, 0.3) is 5.91 Å². The van der Waals surface area contributed by atoms with E-state index in [0.717, 1.165) is 5.56 Å². The van der Waals surface area contributed by atoms with E-state index < -0.39 is 6.04 Å². The fraction of sp³-hybridized carbons (Fsp3) is 0.130. The van der Waals surface area contributed by atoms with Crippen LogP contribution in [0.2, 0.25) is 5.02 Å². The molecule has 0 saturated carbocycles. The van der Waals surface area contributed by atoms with Gasteiger partial charge in [0.2, 0.25) is 12.7 Å². The van der Waals surface area contributed by atoms with E-state index in [0.29, 0.717) is 27.8 Å². The number of carbonyl (C=O) groups excluding carboxylic acids is 2. The van der Waals surface area contributed by atoms with Crippen molar-refractivity contribution in [3.63, 3.8) is 0 Å². The van der Waals surface area contributed by atoms with Crippen LogP contribution in [0.25, 0.3) is 0 Å². The predicted molar refractivity (Wildman–Crippen MR) is 114 cm³/mol. The SMILES string of the molecule is O=C(C[C@H](NC(=O)c1ccccc1Cl)c1ccccc1)Nc1ccc2c(c1)OCO2. The van der Waals surface area contributed by atoms with Gasteiger partial charge >= 0.3 is 0 Å². The number of ether oxygens (including phenoxy) is 2. The van der Waals surface area contributed by atoms with Crippen LogP contribution in [0, 0.1) is 0 Å². The number of benzene rings is 3. The number of amides is 2. The molecule has 0 saturated heterocycles. The maximum Gasteiger partial charge on any atom is 0.253 e. The minimum Gasteiger partial charge on any atom is -0.454 e. The monoisotopic (exact) mass is 422 g/mol. The van der Waals surface area contributed by atoms with E-state index in [1.165, 1.54) is 0 Å². The summed E-state index contributed by atoms with van der Waals surface area (Å²) in [7, 11) is 0. The number of halogens is 1. The summed E-state index contributed by atoms with van der Waals surface area (Å²) in [6.45, 7) is 0.164. The van der Waals surface area contributed by atoms with Crippen LogP contribution in [0.3, 0.4) is 0 Å². The average molecular weight is 423 g/mol. The van der Waals surface area contributed by atoms with E-state index in [2.05, 4.69) is 10.6 Å². The van der Waals surface area contributed by atoms with Gasteiger partial charge in [0.15, 0.2) is 11.5 Å². The van der Waals surface area contributed by atoms with Crippen molar-refractivity contribution in [3.05, 3.63) is 88.9 Å². The predicted octanol–water partition coefficient (Wildman–Crippen LogP) is 4.57. The summed E-state index contributed by atoms with van der Waals surface area (Å²) in [4.78, 5) is 25.5. The second-order valence-electron chi connectivity index (χ2n) is 6.74.